The molecule has 0 bridgehead atoms. The first-order valence-corrected chi connectivity index (χ1v) is 10.1. The summed E-state index contributed by atoms with van der Waals surface area (Å²) >= 11 is 1.93. The maximum Gasteiger partial charge on any atom is 0.317 e. The largest absolute Gasteiger partial charge is 0.497 e. The zero-order chi connectivity index (χ0) is 16.8. The second-order valence-electron chi connectivity index (χ2n) is 6.83. The van der Waals surface area contributed by atoms with Gasteiger partial charge < -0.3 is 15.0 Å². The molecule has 0 unspecified atom stereocenters. The van der Waals surface area contributed by atoms with Crippen LogP contribution in [0.25, 0.3) is 0 Å². The summed E-state index contributed by atoms with van der Waals surface area (Å²) in [6.07, 6.45) is 6.07. The number of carbonyl (C=O) groups excluding carboxylic acids is 1. The third kappa shape index (κ3) is 4.00. The van der Waals surface area contributed by atoms with E-state index >= 15 is 0 Å². The molecule has 5 heteroatoms. The summed E-state index contributed by atoms with van der Waals surface area (Å²) in [7, 11) is 1.70. The SMILES string of the molecule is COc1ccc(C2(CNC(=O)N3CCSCC3)CCCCC2)cc1. The predicted octanol–water partition coefficient (Wildman–Crippen LogP) is 3.66. The summed E-state index contributed by atoms with van der Waals surface area (Å²) in [5.74, 6) is 2.99. The molecule has 1 heterocycles. The predicted molar refractivity (Wildman–Crippen MR) is 100 cm³/mol. The number of urea groups is 1. The highest BCUT2D eigenvalue weighted by Gasteiger charge is 2.34. The van der Waals surface area contributed by atoms with Crippen LogP contribution in [-0.4, -0.2) is 49.2 Å². The van der Waals surface area contributed by atoms with Crippen LogP contribution in [0.1, 0.15) is 37.7 Å². The Bertz CT molecular complexity index is 535. The fraction of sp³-hybridized carbons (Fsp3) is 0.632. The van der Waals surface area contributed by atoms with Crippen molar-refractivity contribution in [3.63, 3.8) is 0 Å². The highest BCUT2D eigenvalue weighted by atomic mass is 32.2. The Hall–Kier alpha value is -1.36. The molecule has 1 N–H and O–H groups in total. The molecule has 0 aromatic heterocycles. The molecule has 2 fully saturated rings. The monoisotopic (exact) mass is 348 g/mol. The molecule has 1 aromatic carbocycles. The molecule has 3 rings (SSSR count). The van der Waals surface area contributed by atoms with E-state index in [9.17, 15) is 4.79 Å². The highest BCUT2D eigenvalue weighted by Crippen LogP contribution is 2.39. The maximum absolute atomic E-state index is 12.5. The van der Waals surface area contributed by atoms with Crippen molar-refractivity contribution < 1.29 is 9.53 Å². The van der Waals surface area contributed by atoms with Gasteiger partial charge in [0.2, 0.25) is 0 Å². The van der Waals surface area contributed by atoms with Crippen molar-refractivity contribution in [3.8, 4) is 5.75 Å². The Labute approximate surface area is 149 Å². The van der Waals surface area contributed by atoms with Gasteiger partial charge in [-0.25, -0.2) is 4.79 Å². The molecule has 1 saturated heterocycles. The van der Waals surface area contributed by atoms with E-state index < -0.39 is 0 Å². The molecule has 0 spiro atoms. The van der Waals surface area contributed by atoms with Gasteiger partial charge in [0.15, 0.2) is 0 Å². The number of rotatable bonds is 4. The number of thioether (sulfide) groups is 1. The Morgan fingerprint density at radius 1 is 1.17 bits per heavy atom. The average Bonchev–Trinajstić information content (AvgIpc) is 2.67. The first-order chi connectivity index (χ1) is 11.7. The minimum absolute atomic E-state index is 0.0741. The van der Waals surface area contributed by atoms with Gasteiger partial charge in [-0.1, -0.05) is 31.4 Å². The van der Waals surface area contributed by atoms with Crippen molar-refractivity contribution in [2.24, 2.45) is 0 Å². The molecular formula is C19H28N2O2S. The Kier molecular flexibility index (Phi) is 5.93. The van der Waals surface area contributed by atoms with Gasteiger partial charge >= 0.3 is 6.03 Å². The van der Waals surface area contributed by atoms with Crippen LogP contribution in [0.15, 0.2) is 24.3 Å². The van der Waals surface area contributed by atoms with Crippen molar-refractivity contribution in [3.05, 3.63) is 29.8 Å². The van der Waals surface area contributed by atoms with Crippen LogP contribution in [0, 0.1) is 0 Å². The quantitative estimate of drug-likeness (QED) is 0.903. The minimum atomic E-state index is 0.0741. The van der Waals surface area contributed by atoms with Gasteiger partial charge in [0.25, 0.3) is 0 Å². The van der Waals surface area contributed by atoms with Crippen molar-refractivity contribution in [2.75, 3.05) is 38.2 Å². The van der Waals surface area contributed by atoms with E-state index in [1.54, 1.807) is 7.11 Å². The molecule has 24 heavy (non-hydrogen) atoms. The van der Waals surface area contributed by atoms with E-state index in [-0.39, 0.29) is 11.4 Å². The fourth-order valence-electron chi connectivity index (χ4n) is 3.86. The lowest BCUT2D eigenvalue weighted by Crippen LogP contribution is -2.49. The second-order valence-corrected chi connectivity index (χ2v) is 8.05. The fourth-order valence-corrected chi connectivity index (χ4v) is 4.77. The van der Waals surface area contributed by atoms with Crippen molar-refractivity contribution >= 4 is 17.8 Å². The van der Waals surface area contributed by atoms with Gasteiger partial charge in [-0.05, 0) is 30.5 Å². The molecular weight excluding hydrogens is 320 g/mol. The highest BCUT2D eigenvalue weighted by molar-refractivity contribution is 7.99. The van der Waals surface area contributed by atoms with Crippen LogP contribution in [-0.2, 0) is 5.41 Å². The number of hydrogen-bond acceptors (Lipinski definition) is 3. The molecule has 0 atom stereocenters. The van der Waals surface area contributed by atoms with E-state index in [2.05, 4.69) is 17.4 Å². The molecule has 1 aliphatic heterocycles. The number of nitrogens with one attached hydrogen (secondary N) is 1. The summed E-state index contributed by atoms with van der Waals surface area (Å²) in [6, 6.07) is 8.53. The summed E-state index contributed by atoms with van der Waals surface area (Å²) < 4.78 is 5.29. The second kappa shape index (κ2) is 8.15. The molecule has 1 aromatic rings. The third-order valence-electron chi connectivity index (χ3n) is 5.39. The average molecular weight is 349 g/mol. The van der Waals surface area contributed by atoms with Crippen molar-refractivity contribution in [1.29, 1.82) is 0 Å². The molecule has 2 amide bonds. The zero-order valence-electron chi connectivity index (χ0n) is 14.6. The molecule has 1 saturated carbocycles. The minimum Gasteiger partial charge on any atom is -0.497 e. The first kappa shape index (κ1) is 17.5. The van der Waals surface area contributed by atoms with Crippen molar-refractivity contribution in [2.45, 2.75) is 37.5 Å². The summed E-state index contributed by atoms with van der Waals surface area (Å²) in [6.45, 7) is 2.47. The van der Waals surface area contributed by atoms with Crippen LogP contribution in [0.4, 0.5) is 4.79 Å². The van der Waals surface area contributed by atoms with Gasteiger partial charge in [0, 0.05) is 36.6 Å². The van der Waals surface area contributed by atoms with Crippen LogP contribution in [0.2, 0.25) is 0 Å². The summed E-state index contributed by atoms with van der Waals surface area (Å²) in [4.78, 5) is 14.5. The van der Waals surface area contributed by atoms with E-state index in [0.29, 0.717) is 0 Å². The van der Waals surface area contributed by atoms with E-state index in [4.69, 9.17) is 4.74 Å². The summed E-state index contributed by atoms with van der Waals surface area (Å²) in [5.41, 5.74) is 1.41. The van der Waals surface area contributed by atoms with Crippen LogP contribution < -0.4 is 10.1 Å². The number of benzene rings is 1. The van der Waals surface area contributed by atoms with Crippen LogP contribution in [0.5, 0.6) is 5.75 Å². The lowest BCUT2D eigenvalue weighted by molar-refractivity contribution is 0.195. The van der Waals surface area contributed by atoms with E-state index in [1.807, 2.05) is 28.8 Å². The van der Waals surface area contributed by atoms with Gasteiger partial charge in [-0.2, -0.15) is 11.8 Å². The first-order valence-electron chi connectivity index (χ1n) is 8.99. The van der Waals surface area contributed by atoms with E-state index in [0.717, 1.165) is 49.7 Å². The normalized spacial score (nSPS) is 20.5. The topological polar surface area (TPSA) is 41.6 Å². The number of methoxy groups -OCH3 is 1. The maximum atomic E-state index is 12.5. The lowest BCUT2D eigenvalue weighted by atomic mass is 9.69. The van der Waals surface area contributed by atoms with Gasteiger partial charge in [-0.3, -0.25) is 0 Å². The van der Waals surface area contributed by atoms with Gasteiger partial charge in [0.05, 0.1) is 7.11 Å². The Balaban J connectivity index is 1.69. The van der Waals surface area contributed by atoms with Gasteiger partial charge in [-0.15, -0.1) is 0 Å². The molecule has 4 nitrogen and oxygen atoms in total. The smallest absolute Gasteiger partial charge is 0.317 e. The number of amides is 2. The molecule has 2 aliphatic rings. The summed E-state index contributed by atoms with van der Waals surface area (Å²) in [5, 5.41) is 3.24. The zero-order valence-corrected chi connectivity index (χ0v) is 15.4. The van der Waals surface area contributed by atoms with Crippen LogP contribution in [0.3, 0.4) is 0 Å². The number of hydrogen-bond donors (Lipinski definition) is 1. The number of nitrogens with zero attached hydrogens (tertiary/aromatic N) is 1. The number of carbonyl (C=O) groups is 1. The molecule has 1 aliphatic carbocycles. The van der Waals surface area contributed by atoms with Gasteiger partial charge in [0.1, 0.15) is 5.75 Å². The molecule has 132 valence electrons. The van der Waals surface area contributed by atoms with Crippen molar-refractivity contribution in [1.82, 2.24) is 10.2 Å². The standard InChI is InChI=1S/C19H28N2O2S/c1-23-17-7-5-16(6-8-17)19(9-3-2-4-10-19)15-20-18(22)21-11-13-24-14-12-21/h5-8H,2-4,9-15H2,1H3,(H,20,22). The Morgan fingerprint density at radius 2 is 1.83 bits per heavy atom. The Morgan fingerprint density at radius 3 is 2.46 bits per heavy atom. The van der Waals surface area contributed by atoms with E-state index in [1.165, 1.54) is 24.8 Å². The van der Waals surface area contributed by atoms with Crippen LogP contribution >= 0.6 is 11.8 Å². The molecule has 0 radical (unpaired) electrons. The number of ether oxygens (including phenoxy) is 1. The lowest BCUT2D eigenvalue weighted by Gasteiger charge is -2.39. The third-order valence-corrected chi connectivity index (χ3v) is 6.33.